The zero-order valence-electron chi connectivity index (χ0n) is 11.9. The van der Waals surface area contributed by atoms with E-state index >= 15 is 0 Å². The van der Waals surface area contributed by atoms with Crippen LogP contribution in [0, 0.1) is 0 Å². The highest BCUT2D eigenvalue weighted by Crippen LogP contribution is 2.14. The van der Waals surface area contributed by atoms with Crippen molar-refractivity contribution in [1.82, 2.24) is 19.3 Å². The van der Waals surface area contributed by atoms with E-state index in [0.29, 0.717) is 17.6 Å². The van der Waals surface area contributed by atoms with Gasteiger partial charge in [-0.05, 0) is 12.8 Å². The zero-order valence-corrected chi connectivity index (χ0v) is 11.9. The standard InChI is InChI=1S/C13H20N4O2/c1-5-9(7-19-4)17-8-14-11-10(6-2)15-16(3)12(11)13(17)18/h8-9H,5-7H2,1-4H3/t9-/m1/s1. The summed E-state index contributed by atoms with van der Waals surface area (Å²) in [5.41, 5.74) is 2.08. The van der Waals surface area contributed by atoms with Crippen LogP contribution >= 0.6 is 0 Å². The Labute approximate surface area is 112 Å². The molecule has 0 aliphatic heterocycles. The maximum atomic E-state index is 12.6. The summed E-state index contributed by atoms with van der Waals surface area (Å²) in [5, 5.41) is 4.35. The highest BCUT2D eigenvalue weighted by atomic mass is 16.5. The Kier molecular flexibility index (Phi) is 3.99. The van der Waals surface area contributed by atoms with Gasteiger partial charge in [-0.2, -0.15) is 5.10 Å². The van der Waals surface area contributed by atoms with Crippen LogP contribution < -0.4 is 5.56 Å². The molecule has 0 amide bonds. The molecule has 0 saturated heterocycles. The molecule has 0 unspecified atom stereocenters. The van der Waals surface area contributed by atoms with Crippen LogP contribution in [0.3, 0.4) is 0 Å². The third-order valence-corrected chi connectivity index (χ3v) is 3.40. The molecule has 6 heteroatoms. The summed E-state index contributed by atoms with van der Waals surface area (Å²) in [6, 6.07) is 0.00868. The van der Waals surface area contributed by atoms with E-state index in [2.05, 4.69) is 10.1 Å². The minimum absolute atomic E-state index is 0.00868. The smallest absolute Gasteiger partial charge is 0.279 e. The van der Waals surface area contributed by atoms with Gasteiger partial charge in [0.1, 0.15) is 5.52 Å². The number of ether oxygens (including phenoxy) is 1. The first-order chi connectivity index (χ1) is 9.13. The van der Waals surface area contributed by atoms with E-state index in [1.54, 1.807) is 29.7 Å². The summed E-state index contributed by atoms with van der Waals surface area (Å²) in [5.74, 6) is 0. The number of hydrogen-bond donors (Lipinski definition) is 0. The monoisotopic (exact) mass is 264 g/mol. The second-order valence-corrected chi connectivity index (χ2v) is 4.60. The lowest BCUT2D eigenvalue weighted by molar-refractivity contribution is 0.151. The molecule has 0 fully saturated rings. The van der Waals surface area contributed by atoms with Crippen molar-refractivity contribution in [2.45, 2.75) is 32.7 Å². The summed E-state index contributed by atoms with van der Waals surface area (Å²) < 4.78 is 8.43. The van der Waals surface area contributed by atoms with Crippen molar-refractivity contribution in [2.75, 3.05) is 13.7 Å². The van der Waals surface area contributed by atoms with E-state index < -0.39 is 0 Å². The SMILES string of the molecule is CCc1nn(C)c2c(=O)n([C@H](CC)COC)cnc12. The van der Waals surface area contributed by atoms with Crippen molar-refractivity contribution >= 4 is 11.0 Å². The first-order valence-electron chi connectivity index (χ1n) is 6.55. The maximum Gasteiger partial charge on any atom is 0.279 e. The predicted octanol–water partition coefficient (Wildman–Crippen LogP) is 1.29. The maximum absolute atomic E-state index is 12.6. The van der Waals surface area contributed by atoms with Crippen molar-refractivity contribution in [1.29, 1.82) is 0 Å². The van der Waals surface area contributed by atoms with Gasteiger partial charge in [0, 0.05) is 14.2 Å². The van der Waals surface area contributed by atoms with Gasteiger partial charge in [0.05, 0.1) is 24.7 Å². The second-order valence-electron chi connectivity index (χ2n) is 4.60. The normalized spacial score (nSPS) is 13.1. The molecule has 1 atom stereocenters. The number of hydrogen-bond acceptors (Lipinski definition) is 4. The van der Waals surface area contributed by atoms with E-state index in [1.807, 2.05) is 13.8 Å². The third kappa shape index (κ3) is 2.28. The van der Waals surface area contributed by atoms with Crippen molar-refractivity contribution in [2.24, 2.45) is 7.05 Å². The molecule has 0 N–H and O–H groups in total. The minimum Gasteiger partial charge on any atom is -0.383 e. The number of fused-ring (bicyclic) bond motifs is 1. The van der Waals surface area contributed by atoms with E-state index in [1.165, 1.54) is 0 Å². The number of aromatic nitrogens is 4. The van der Waals surface area contributed by atoms with E-state index in [9.17, 15) is 4.79 Å². The molecule has 0 saturated carbocycles. The molecule has 2 heterocycles. The van der Waals surface area contributed by atoms with Crippen molar-refractivity contribution < 1.29 is 4.74 Å². The molecule has 0 aromatic carbocycles. The minimum atomic E-state index is -0.0522. The molecule has 2 rings (SSSR count). The Morgan fingerprint density at radius 3 is 2.74 bits per heavy atom. The summed E-state index contributed by atoms with van der Waals surface area (Å²) in [6.45, 7) is 4.54. The van der Waals surface area contributed by atoms with E-state index in [-0.39, 0.29) is 11.6 Å². The molecule has 0 radical (unpaired) electrons. The van der Waals surface area contributed by atoms with Crippen LogP contribution in [0.15, 0.2) is 11.1 Å². The Morgan fingerprint density at radius 1 is 1.42 bits per heavy atom. The quantitative estimate of drug-likeness (QED) is 0.816. The molecule has 2 aromatic rings. The van der Waals surface area contributed by atoms with Gasteiger partial charge in [-0.15, -0.1) is 0 Å². The lowest BCUT2D eigenvalue weighted by atomic mass is 10.2. The lowest BCUT2D eigenvalue weighted by Crippen LogP contribution is -2.28. The van der Waals surface area contributed by atoms with Crippen LogP contribution in [-0.4, -0.2) is 33.0 Å². The fraction of sp³-hybridized carbons (Fsp3) is 0.615. The molecular formula is C13H20N4O2. The molecule has 2 aromatic heterocycles. The topological polar surface area (TPSA) is 61.9 Å². The number of nitrogens with zero attached hydrogens (tertiary/aromatic N) is 4. The first kappa shape index (κ1) is 13.7. The third-order valence-electron chi connectivity index (χ3n) is 3.40. The summed E-state index contributed by atoms with van der Waals surface area (Å²) >= 11 is 0. The average molecular weight is 264 g/mol. The van der Waals surface area contributed by atoms with Crippen LogP contribution in [0.4, 0.5) is 0 Å². The van der Waals surface area contributed by atoms with Crippen molar-refractivity contribution in [3.8, 4) is 0 Å². The molecule has 104 valence electrons. The molecule has 0 bridgehead atoms. The summed E-state index contributed by atoms with van der Waals surface area (Å²) in [4.78, 5) is 17.0. The largest absolute Gasteiger partial charge is 0.383 e. The Morgan fingerprint density at radius 2 is 2.16 bits per heavy atom. The molecule has 19 heavy (non-hydrogen) atoms. The molecular weight excluding hydrogens is 244 g/mol. The molecule has 6 nitrogen and oxygen atoms in total. The highest BCUT2D eigenvalue weighted by molar-refractivity contribution is 5.76. The van der Waals surface area contributed by atoms with Gasteiger partial charge < -0.3 is 4.74 Å². The van der Waals surface area contributed by atoms with Crippen LogP contribution in [0.5, 0.6) is 0 Å². The Bertz CT molecular complexity index is 629. The molecule has 0 spiro atoms. The Hall–Kier alpha value is -1.69. The van der Waals surface area contributed by atoms with Crippen LogP contribution in [-0.2, 0) is 18.2 Å². The van der Waals surface area contributed by atoms with E-state index in [4.69, 9.17) is 4.74 Å². The van der Waals surface area contributed by atoms with Gasteiger partial charge in [-0.25, -0.2) is 4.98 Å². The van der Waals surface area contributed by atoms with Gasteiger partial charge in [0.25, 0.3) is 5.56 Å². The average Bonchev–Trinajstić information content (AvgIpc) is 2.74. The molecule has 0 aliphatic carbocycles. The predicted molar refractivity (Wildman–Crippen MR) is 73.4 cm³/mol. The van der Waals surface area contributed by atoms with Gasteiger partial charge in [-0.3, -0.25) is 14.0 Å². The number of rotatable bonds is 5. The van der Waals surface area contributed by atoms with Gasteiger partial charge >= 0.3 is 0 Å². The lowest BCUT2D eigenvalue weighted by Gasteiger charge is -2.16. The van der Waals surface area contributed by atoms with Gasteiger partial charge in [-0.1, -0.05) is 13.8 Å². The highest BCUT2D eigenvalue weighted by Gasteiger charge is 2.17. The van der Waals surface area contributed by atoms with Crippen LogP contribution in [0.25, 0.3) is 11.0 Å². The van der Waals surface area contributed by atoms with Crippen LogP contribution in [0.2, 0.25) is 0 Å². The van der Waals surface area contributed by atoms with Gasteiger partial charge in [0.2, 0.25) is 0 Å². The first-order valence-corrected chi connectivity index (χ1v) is 6.55. The second kappa shape index (κ2) is 5.52. The number of aryl methyl sites for hydroxylation is 2. The fourth-order valence-corrected chi connectivity index (χ4v) is 2.32. The Balaban J connectivity index is 2.63. The molecule has 0 aliphatic rings. The summed E-state index contributed by atoms with van der Waals surface area (Å²) in [6.07, 6.45) is 3.20. The van der Waals surface area contributed by atoms with E-state index in [0.717, 1.165) is 18.5 Å². The number of methoxy groups -OCH3 is 1. The van der Waals surface area contributed by atoms with Crippen molar-refractivity contribution in [3.05, 3.63) is 22.4 Å². The van der Waals surface area contributed by atoms with Crippen molar-refractivity contribution in [3.63, 3.8) is 0 Å². The van der Waals surface area contributed by atoms with Gasteiger partial charge in [0.15, 0.2) is 5.52 Å². The zero-order chi connectivity index (χ0) is 14.0. The fourth-order valence-electron chi connectivity index (χ4n) is 2.32. The summed E-state index contributed by atoms with van der Waals surface area (Å²) in [7, 11) is 3.42. The van der Waals surface area contributed by atoms with Crippen LogP contribution in [0.1, 0.15) is 32.0 Å².